The van der Waals surface area contributed by atoms with Crippen LogP contribution in [0.4, 0.5) is 0 Å². The second-order valence-corrected chi connectivity index (χ2v) is 3.60. The molecule has 0 aromatic carbocycles. The van der Waals surface area contributed by atoms with Crippen molar-refractivity contribution < 1.29 is 14.9 Å². The Bertz CT molecular complexity index is 237. The van der Waals surface area contributed by atoms with Gasteiger partial charge in [-0.15, -0.1) is 0 Å². The zero-order chi connectivity index (χ0) is 8.77. The zero-order valence-corrected chi connectivity index (χ0v) is 6.60. The van der Waals surface area contributed by atoms with Crippen molar-refractivity contribution in [3.8, 4) is 6.07 Å². The highest BCUT2D eigenvalue weighted by atomic mass is 16.6. The maximum absolute atomic E-state index is 9.41. The lowest BCUT2D eigenvalue weighted by molar-refractivity contribution is -0.129. The molecule has 0 radical (unpaired) electrons. The Labute approximate surface area is 70.4 Å². The van der Waals surface area contributed by atoms with E-state index in [0.29, 0.717) is 19.3 Å². The normalized spacial score (nSPS) is 51.9. The van der Waals surface area contributed by atoms with Crippen LogP contribution in [0, 0.1) is 16.7 Å². The van der Waals surface area contributed by atoms with E-state index in [4.69, 9.17) is 10.00 Å². The van der Waals surface area contributed by atoms with Gasteiger partial charge < -0.3 is 14.9 Å². The molecule has 1 aliphatic heterocycles. The molecule has 4 atom stereocenters. The van der Waals surface area contributed by atoms with E-state index in [2.05, 4.69) is 6.07 Å². The van der Waals surface area contributed by atoms with Gasteiger partial charge in [0.15, 0.2) is 6.29 Å². The molecule has 1 saturated heterocycles. The average Bonchev–Trinajstić information content (AvgIpc) is 2.35. The van der Waals surface area contributed by atoms with Crippen molar-refractivity contribution in [3.63, 3.8) is 0 Å². The van der Waals surface area contributed by atoms with Gasteiger partial charge in [0.2, 0.25) is 0 Å². The van der Waals surface area contributed by atoms with Gasteiger partial charge in [-0.3, -0.25) is 0 Å². The standard InChI is InChI=1S/C8H11NO3/c9-4-8-2-1-5(10)6(3-8)12-7(8)11/h5-7,10-11H,1-3H2. The van der Waals surface area contributed by atoms with E-state index < -0.39 is 17.8 Å². The molecule has 2 fully saturated rings. The third-order valence-electron chi connectivity index (χ3n) is 2.88. The summed E-state index contributed by atoms with van der Waals surface area (Å²) in [5.41, 5.74) is -0.746. The topological polar surface area (TPSA) is 73.5 Å². The number of nitriles is 1. The first-order chi connectivity index (χ1) is 5.68. The smallest absolute Gasteiger partial charge is 0.173 e. The Balaban J connectivity index is 2.25. The lowest BCUT2D eigenvalue weighted by Gasteiger charge is -2.27. The number of hydrogen-bond donors (Lipinski definition) is 2. The van der Waals surface area contributed by atoms with Gasteiger partial charge in [0.25, 0.3) is 0 Å². The largest absolute Gasteiger partial charge is 0.390 e. The molecular formula is C8H11NO3. The molecule has 12 heavy (non-hydrogen) atoms. The van der Waals surface area contributed by atoms with Crippen LogP contribution in [-0.2, 0) is 4.74 Å². The van der Waals surface area contributed by atoms with Gasteiger partial charge in [-0.1, -0.05) is 0 Å². The molecule has 2 aliphatic rings. The van der Waals surface area contributed by atoms with Crippen LogP contribution in [0.2, 0.25) is 0 Å². The van der Waals surface area contributed by atoms with Crippen molar-refractivity contribution in [1.82, 2.24) is 0 Å². The molecule has 0 amide bonds. The Morgan fingerprint density at radius 3 is 2.92 bits per heavy atom. The van der Waals surface area contributed by atoms with Crippen molar-refractivity contribution in [2.75, 3.05) is 0 Å². The second kappa shape index (κ2) is 2.43. The monoisotopic (exact) mass is 169 g/mol. The van der Waals surface area contributed by atoms with Crippen LogP contribution in [0.5, 0.6) is 0 Å². The minimum absolute atomic E-state index is 0.339. The number of aliphatic hydroxyl groups excluding tert-OH is 2. The maximum Gasteiger partial charge on any atom is 0.173 e. The van der Waals surface area contributed by atoms with E-state index in [1.54, 1.807) is 0 Å². The van der Waals surface area contributed by atoms with E-state index >= 15 is 0 Å². The molecule has 4 unspecified atom stereocenters. The average molecular weight is 169 g/mol. The predicted octanol–water partition coefficient (Wildman–Crippen LogP) is -0.242. The van der Waals surface area contributed by atoms with Crippen LogP contribution in [0.1, 0.15) is 19.3 Å². The van der Waals surface area contributed by atoms with Crippen LogP contribution in [0.3, 0.4) is 0 Å². The van der Waals surface area contributed by atoms with E-state index in [1.807, 2.05) is 0 Å². The third kappa shape index (κ3) is 0.876. The van der Waals surface area contributed by atoms with Gasteiger partial charge in [-0.25, -0.2) is 0 Å². The predicted molar refractivity (Wildman–Crippen MR) is 38.8 cm³/mol. The number of fused-ring (bicyclic) bond motifs is 2. The van der Waals surface area contributed by atoms with Gasteiger partial charge in [-0.2, -0.15) is 5.26 Å². The fourth-order valence-electron chi connectivity index (χ4n) is 2.00. The molecule has 0 aromatic rings. The second-order valence-electron chi connectivity index (χ2n) is 3.60. The van der Waals surface area contributed by atoms with Crippen molar-refractivity contribution >= 4 is 0 Å². The summed E-state index contributed by atoms with van der Waals surface area (Å²) in [6.07, 6.45) is -0.314. The molecule has 0 aromatic heterocycles. The van der Waals surface area contributed by atoms with Gasteiger partial charge in [0, 0.05) is 0 Å². The molecule has 66 valence electrons. The van der Waals surface area contributed by atoms with Crippen LogP contribution in [0.15, 0.2) is 0 Å². The van der Waals surface area contributed by atoms with Crippen molar-refractivity contribution in [2.24, 2.45) is 5.41 Å². The molecule has 0 spiro atoms. The fourth-order valence-corrected chi connectivity index (χ4v) is 2.00. The molecule has 1 aliphatic carbocycles. The SMILES string of the molecule is N#CC12CCC(O)C(C1)OC2O. The molecule has 4 nitrogen and oxygen atoms in total. The Hall–Kier alpha value is -0.630. The van der Waals surface area contributed by atoms with E-state index in [1.165, 1.54) is 0 Å². The fraction of sp³-hybridized carbons (Fsp3) is 0.875. The molecule has 1 heterocycles. The van der Waals surface area contributed by atoms with Crippen molar-refractivity contribution in [3.05, 3.63) is 0 Å². The summed E-state index contributed by atoms with van der Waals surface area (Å²) in [7, 11) is 0. The quantitative estimate of drug-likeness (QED) is 0.524. The number of nitrogens with zero attached hydrogens (tertiary/aromatic N) is 1. The minimum atomic E-state index is -1.01. The van der Waals surface area contributed by atoms with Gasteiger partial charge in [0.05, 0.1) is 18.3 Å². The lowest BCUT2D eigenvalue weighted by Crippen LogP contribution is -2.34. The van der Waals surface area contributed by atoms with E-state index in [-0.39, 0.29) is 6.10 Å². The molecule has 2 bridgehead atoms. The van der Waals surface area contributed by atoms with Crippen LogP contribution in [-0.4, -0.2) is 28.7 Å². The van der Waals surface area contributed by atoms with Gasteiger partial charge in [0.1, 0.15) is 5.41 Å². The number of hydrogen-bond acceptors (Lipinski definition) is 4. The van der Waals surface area contributed by atoms with Crippen molar-refractivity contribution in [2.45, 2.75) is 37.8 Å². The summed E-state index contributed by atoms with van der Waals surface area (Å²) in [6, 6.07) is 2.09. The number of rotatable bonds is 0. The number of ether oxygens (including phenoxy) is 1. The zero-order valence-electron chi connectivity index (χ0n) is 6.60. The first-order valence-electron chi connectivity index (χ1n) is 4.11. The molecule has 2 N–H and O–H groups in total. The van der Waals surface area contributed by atoms with Crippen LogP contribution in [0.25, 0.3) is 0 Å². The highest BCUT2D eigenvalue weighted by Crippen LogP contribution is 2.46. The lowest BCUT2D eigenvalue weighted by atomic mass is 9.75. The van der Waals surface area contributed by atoms with E-state index in [9.17, 15) is 10.2 Å². The highest BCUT2D eigenvalue weighted by Gasteiger charge is 2.53. The summed E-state index contributed by atoms with van der Waals surface area (Å²) in [4.78, 5) is 0. The molecular weight excluding hydrogens is 158 g/mol. The van der Waals surface area contributed by atoms with Gasteiger partial charge >= 0.3 is 0 Å². The van der Waals surface area contributed by atoms with Crippen LogP contribution >= 0.6 is 0 Å². The molecule has 2 rings (SSSR count). The van der Waals surface area contributed by atoms with Crippen molar-refractivity contribution in [1.29, 1.82) is 5.26 Å². The molecule has 1 saturated carbocycles. The third-order valence-corrected chi connectivity index (χ3v) is 2.88. The Morgan fingerprint density at radius 1 is 1.50 bits per heavy atom. The Morgan fingerprint density at radius 2 is 2.25 bits per heavy atom. The molecule has 4 heteroatoms. The summed E-state index contributed by atoms with van der Waals surface area (Å²) < 4.78 is 5.07. The van der Waals surface area contributed by atoms with E-state index in [0.717, 1.165) is 0 Å². The Kier molecular flexibility index (Phi) is 1.62. The van der Waals surface area contributed by atoms with Crippen LogP contribution < -0.4 is 0 Å². The van der Waals surface area contributed by atoms with Gasteiger partial charge in [-0.05, 0) is 19.3 Å². The summed E-state index contributed by atoms with van der Waals surface area (Å²) in [5, 5.41) is 27.6. The summed E-state index contributed by atoms with van der Waals surface area (Å²) in [5.74, 6) is 0. The summed E-state index contributed by atoms with van der Waals surface area (Å²) >= 11 is 0. The highest BCUT2D eigenvalue weighted by molar-refractivity contribution is 5.10. The number of aliphatic hydroxyl groups is 2. The minimum Gasteiger partial charge on any atom is -0.390 e. The first kappa shape index (κ1) is 7.99. The summed E-state index contributed by atoms with van der Waals surface area (Å²) in [6.45, 7) is 0. The first-order valence-corrected chi connectivity index (χ1v) is 4.11. The maximum atomic E-state index is 9.41.